The SMILES string of the molecule is CSC(=CCC(C)O)CO. The van der Waals surface area contributed by atoms with Crippen molar-refractivity contribution in [2.45, 2.75) is 19.4 Å². The van der Waals surface area contributed by atoms with Crippen LogP contribution in [0.15, 0.2) is 11.0 Å². The molecule has 0 aliphatic carbocycles. The fraction of sp³-hybridized carbons (Fsp3) is 0.714. The van der Waals surface area contributed by atoms with E-state index < -0.39 is 0 Å². The minimum Gasteiger partial charge on any atom is -0.393 e. The van der Waals surface area contributed by atoms with Crippen molar-refractivity contribution in [1.82, 2.24) is 0 Å². The van der Waals surface area contributed by atoms with Gasteiger partial charge in [-0.2, -0.15) is 0 Å². The van der Waals surface area contributed by atoms with Gasteiger partial charge in [-0.1, -0.05) is 6.08 Å². The molecule has 0 saturated heterocycles. The van der Waals surface area contributed by atoms with Crippen molar-refractivity contribution in [3.8, 4) is 0 Å². The summed E-state index contributed by atoms with van der Waals surface area (Å²) in [5.74, 6) is 0. The van der Waals surface area contributed by atoms with E-state index in [-0.39, 0.29) is 12.7 Å². The van der Waals surface area contributed by atoms with Crippen molar-refractivity contribution in [2.24, 2.45) is 0 Å². The van der Waals surface area contributed by atoms with Crippen LogP contribution in [0.25, 0.3) is 0 Å². The van der Waals surface area contributed by atoms with Crippen LogP contribution in [0.1, 0.15) is 13.3 Å². The molecule has 1 atom stereocenters. The highest BCUT2D eigenvalue weighted by molar-refractivity contribution is 8.02. The van der Waals surface area contributed by atoms with Crippen molar-refractivity contribution in [3.05, 3.63) is 11.0 Å². The Bertz CT molecular complexity index is 104. The van der Waals surface area contributed by atoms with Gasteiger partial charge in [-0.15, -0.1) is 11.8 Å². The minimum absolute atomic E-state index is 0.0773. The molecule has 0 bridgehead atoms. The van der Waals surface area contributed by atoms with Crippen molar-refractivity contribution in [1.29, 1.82) is 0 Å². The maximum atomic E-state index is 8.86. The van der Waals surface area contributed by atoms with Gasteiger partial charge in [0.2, 0.25) is 0 Å². The standard InChI is InChI=1S/C7H14O2S/c1-6(9)3-4-7(5-8)10-2/h4,6,8-9H,3,5H2,1-2H3. The highest BCUT2D eigenvalue weighted by atomic mass is 32.2. The zero-order valence-corrected chi connectivity index (χ0v) is 7.19. The first-order valence-electron chi connectivity index (χ1n) is 3.22. The lowest BCUT2D eigenvalue weighted by atomic mass is 10.3. The van der Waals surface area contributed by atoms with Gasteiger partial charge in [-0.05, 0) is 19.6 Å². The average Bonchev–Trinajstić information content (AvgIpc) is 1.90. The quantitative estimate of drug-likeness (QED) is 0.648. The molecule has 2 N–H and O–H groups in total. The second kappa shape index (κ2) is 5.77. The Labute approximate surface area is 66.0 Å². The van der Waals surface area contributed by atoms with Crippen LogP contribution in [-0.4, -0.2) is 29.2 Å². The van der Waals surface area contributed by atoms with Crippen LogP contribution in [0.4, 0.5) is 0 Å². The van der Waals surface area contributed by atoms with Crippen molar-refractivity contribution in [3.63, 3.8) is 0 Å². The first-order valence-corrected chi connectivity index (χ1v) is 4.45. The molecule has 0 aromatic rings. The summed E-state index contributed by atoms with van der Waals surface area (Å²) in [6.45, 7) is 1.81. The van der Waals surface area contributed by atoms with Crippen LogP contribution >= 0.6 is 11.8 Å². The van der Waals surface area contributed by atoms with Gasteiger partial charge in [-0.25, -0.2) is 0 Å². The summed E-state index contributed by atoms with van der Waals surface area (Å²) in [4.78, 5) is 0.918. The fourth-order valence-electron chi connectivity index (χ4n) is 0.514. The third kappa shape index (κ3) is 4.85. The van der Waals surface area contributed by atoms with E-state index in [1.807, 2.05) is 12.3 Å². The van der Waals surface area contributed by atoms with Crippen LogP contribution in [-0.2, 0) is 0 Å². The van der Waals surface area contributed by atoms with E-state index in [1.165, 1.54) is 11.8 Å². The van der Waals surface area contributed by atoms with E-state index in [0.29, 0.717) is 6.42 Å². The molecule has 0 saturated carbocycles. The number of aliphatic hydroxyl groups excluding tert-OH is 2. The Kier molecular flexibility index (Phi) is 5.78. The molecule has 0 fully saturated rings. The normalized spacial score (nSPS) is 15.4. The Balaban J connectivity index is 3.63. The summed E-state index contributed by atoms with van der Waals surface area (Å²) < 4.78 is 0. The maximum absolute atomic E-state index is 8.86. The molecular weight excluding hydrogens is 148 g/mol. The lowest BCUT2D eigenvalue weighted by molar-refractivity contribution is 0.198. The van der Waals surface area contributed by atoms with E-state index in [1.54, 1.807) is 6.92 Å². The van der Waals surface area contributed by atoms with Crippen molar-refractivity contribution >= 4 is 11.8 Å². The molecule has 0 aliphatic heterocycles. The molecule has 60 valence electrons. The first kappa shape index (κ1) is 10.0. The number of hydrogen-bond donors (Lipinski definition) is 2. The predicted molar refractivity (Wildman–Crippen MR) is 45.0 cm³/mol. The van der Waals surface area contributed by atoms with Crippen LogP contribution in [0.3, 0.4) is 0 Å². The molecule has 0 aromatic heterocycles. The smallest absolute Gasteiger partial charge is 0.0737 e. The van der Waals surface area contributed by atoms with Gasteiger partial charge in [0.15, 0.2) is 0 Å². The molecule has 3 heteroatoms. The predicted octanol–water partition coefficient (Wildman–Crippen LogP) is 0.996. The summed E-state index contributed by atoms with van der Waals surface area (Å²) >= 11 is 1.51. The minimum atomic E-state index is -0.311. The summed E-state index contributed by atoms with van der Waals surface area (Å²) in [5, 5.41) is 17.5. The second-order valence-corrected chi connectivity index (χ2v) is 3.05. The number of thioether (sulfide) groups is 1. The zero-order valence-electron chi connectivity index (χ0n) is 6.37. The first-order chi connectivity index (χ1) is 4.70. The molecule has 0 spiro atoms. The van der Waals surface area contributed by atoms with E-state index >= 15 is 0 Å². The number of hydrogen-bond acceptors (Lipinski definition) is 3. The zero-order chi connectivity index (χ0) is 7.98. The molecule has 0 radical (unpaired) electrons. The van der Waals surface area contributed by atoms with Crippen molar-refractivity contribution in [2.75, 3.05) is 12.9 Å². The number of rotatable bonds is 4. The van der Waals surface area contributed by atoms with Crippen LogP contribution in [0.5, 0.6) is 0 Å². The Morgan fingerprint density at radius 1 is 1.70 bits per heavy atom. The van der Waals surface area contributed by atoms with Gasteiger partial charge >= 0.3 is 0 Å². The van der Waals surface area contributed by atoms with E-state index in [4.69, 9.17) is 10.2 Å². The highest BCUT2D eigenvalue weighted by Crippen LogP contribution is 2.11. The van der Waals surface area contributed by atoms with Gasteiger partial charge in [0.05, 0.1) is 12.7 Å². The fourth-order valence-corrected chi connectivity index (χ4v) is 0.906. The van der Waals surface area contributed by atoms with E-state index in [2.05, 4.69) is 0 Å². The molecule has 0 aromatic carbocycles. The third-order valence-corrected chi connectivity index (χ3v) is 1.92. The molecule has 1 unspecified atom stereocenters. The average molecular weight is 162 g/mol. The van der Waals surface area contributed by atoms with Gasteiger partial charge < -0.3 is 10.2 Å². The Hall–Kier alpha value is 0.01000. The largest absolute Gasteiger partial charge is 0.393 e. The summed E-state index contributed by atoms with van der Waals surface area (Å²) in [6, 6.07) is 0. The molecule has 0 heterocycles. The summed E-state index contributed by atoms with van der Waals surface area (Å²) in [6.07, 6.45) is 4.07. The Morgan fingerprint density at radius 2 is 2.30 bits per heavy atom. The highest BCUT2D eigenvalue weighted by Gasteiger charge is 1.94. The van der Waals surface area contributed by atoms with Gasteiger partial charge in [0, 0.05) is 4.91 Å². The van der Waals surface area contributed by atoms with Crippen LogP contribution in [0, 0.1) is 0 Å². The molecule has 10 heavy (non-hydrogen) atoms. The lowest BCUT2D eigenvalue weighted by Gasteiger charge is -2.00. The van der Waals surface area contributed by atoms with E-state index in [9.17, 15) is 0 Å². The van der Waals surface area contributed by atoms with Gasteiger partial charge in [-0.3, -0.25) is 0 Å². The van der Waals surface area contributed by atoms with Crippen molar-refractivity contribution < 1.29 is 10.2 Å². The third-order valence-electron chi connectivity index (χ3n) is 1.10. The molecule has 0 amide bonds. The topological polar surface area (TPSA) is 40.5 Å². The summed E-state index contributed by atoms with van der Waals surface area (Å²) in [7, 11) is 0. The van der Waals surface area contributed by atoms with Gasteiger partial charge in [0.1, 0.15) is 0 Å². The molecule has 0 rings (SSSR count). The molecule has 2 nitrogen and oxygen atoms in total. The van der Waals surface area contributed by atoms with Gasteiger partial charge in [0.25, 0.3) is 0 Å². The summed E-state index contributed by atoms with van der Waals surface area (Å²) in [5.41, 5.74) is 0. The lowest BCUT2D eigenvalue weighted by Crippen LogP contribution is -1.97. The van der Waals surface area contributed by atoms with Crippen LogP contribution < -0.4 is 0 Å². The molecule has 0 aliphatic rings. The molecular formula is C7H14O2S. The van der Waals surface area contributed by atoms with Crippen LogP contribution in [0.2, 0.25) is 0 Å². The number of aliphatic hydroxyl groups is 2. The van der Waals surface area contributed by atoms with E-state index in [0.717, 1.165) is 4.91 Å². The Morgan fingerprint density at radius 3 is 2.60 bits per heavy atom. The second-order valence-electron chi connectivity index (χ2n) is 2.12. The monoisotopic (exact) mass is 162 g/mol. The maximum Gasteiger partial charge on any atom is 0.0737 e.